The zero-order valence-corrected chi connectivity index (χ0v) is 18.1. The Bertz CT molecular complexity index is 985. The van der Waals surface area contributed by atoms with Gasteiger partial charge in [-0.15, -0.1) is 0 Å². The molecule has 1 aliphatic heterocycles. The largest absolute Gasteiger partial charge is 0.508 e. The van der Waals surface area contributed by atoms with E-state index in [4.69, 9.17) is 12.2 Å². The molecule has 30 heavy (non-hydrogen) atoms. The zero-order chi connectivity index (χ0) is 21.5. The Morgan fingerprint density at radius 2 is 1.90 bits per heavy atom. The van der Waals surface area contributed by atoms with Crippen LogP contribution in [-0.2, 0) is 16.0 Å². The van der Waals surface area contributed by atoms with E-state index < -0.39 is 6.04 Å². The third-order valence-electron chi connectivity index (χ3n) is 4.58. The molecule has 0 saturated carbocycles. The van der Waals surface area contributed by atoms with Gasteiger partial charge in [-0.3, -0.25) is 14.5 Å². The van der Waals surface area contributed by atoms with Gasteiger partial charge in [0.1, 0.15) is 16.1 Å². The summed E-state index contributed by atoms with van der Waals surface area (Å²) in [6.07, 6.45) is 6.07. The van der Waals surface area contributed by atoms with E-state index in [1.54, 1.807) is 37.3 Å². The highest BCUT2D eigenvalue weighted by molar-refractivity contribution is 8.26. The molecule has 2 aromatic carbocycles. The van der Waals surface area contributed by atoms with Crippen LogP contribution in [0.25, 0.3) is 6.08 Å². The standard InChI is InChI=1S/C23H22N2O3S2/c1-16(21(27)24-15-14-18-10-12-19(26)13-11-18)25-22(28)20(30-23(25)29)9-5-8-17-6-3-2-4-7-17/h2-13,16,26H,14-15H2,1H3,(H,24,27)/b8-5+,20-9-/t16-/m1/s1. The molecule has 0 spiro atoms. The number of amides is 2. The molecule has 1 aliphatic rings. The van der Waals surface area contributed by atoms with Crippen molar-refractivity contribution in [1.29, 1.82) is 0 Å². The third-order valence-corrected chi connectivity index (χ3v) is 5.92. The lowest BCUT2D eigenvalue weighted by atomic mass is 10.1. The van der Waals surface area contributed by atoms with Gasteiger partial charge in [0, 0.05) is 6.54 Å². The molecule has 0 radical (unpaired) electrons. The van der Waals surface area contributed by atoms with Crippen molar-refractivity contribution in [3.8, 4) is 5.75 Å². The fraction of sp³-hybridized carbons (Fsp3) is 0.174. The fourth-order valence-electron chi connectivity index (χ4n) is 2.90. The van der Waals surface area contributed by atoms with Gasteiger partial charge < -0.3 is 10.4 Å². The van der Waals surface area contributed by atoms with Crippen molar-refractivity contribution in [2.24, 2.45) is 0 Å². The van der Waals surface area contributed by atoms with Crippen LogP contribution in [0.1, 0.15) is 18.1 Å². The predicted octanol–water partition coefficient (Wildman–Crippen LogP) is 3.90. The monoisotopic (exact) mass is 438 g/mol. The van der Waals surface area contributed by atoms with E-state index in [1.165, 1.54) is 16.7 Å². The van der Waals surface area contributed by atoms with Crippen molar-refractivity contribution >= 4 is 46.2 Å². The summed E-state index contributed by atoms with van der Waals surface area (Å²) in [4.78, 5) is 27.1. The molecule has 1 atom stereocenters. The second-order valence-corrected chi connectivity index (χ2v) is 8.40. The minimum atomic E-state index is -0.693. The van der Waals surface area contributed by atoms with Crippen LogP contribution in [0, 0.1) is 0 Å². The maximum Gasteiger partial charge on any atom is 0.266 e. The number of thiocarbonyl (C=S) groups is 1. The lowest BCUT2D eigenvalue weighted by molar-refractivity contribution is -0.132. The first-order valence-electron chi connectivity index (χ1n) is 9.50. The highest BCUT2D eigenvalue weighted by Crippen LogP contribution is 2.32. The molecule has 2 aromatic rings. The number of carbonyl (C=O) groups is 2. The molecule has 0 aromatic heterocycles. The Kier molecular flexibility index (Phi) is 7.43. The van der Waals surface area contributed by atoms with Gasteiger partial charge >= 0.3 is 0 Å². The van der Waals surface area contributed by atoms with E-state index in [2.05, 4.69) is 5.32 Å². The Hall–Kier alpha value is -2.90. The van der Waals surface area contributed by atoms with Crippen LogP contribution in [0.2, 0.25) is 0 Å². The highest BCUT2D eigenvalue weighted by atomic mass is 32.2. The topological polar surface area (TPSA) is 69.6 Å². The Balaban J connectivity index is 1.56. The van der Waals surface area contributed by atoms with E-state index in [-0.39, 0.29) is 17.6 Å². The average Bonchev–Trinajstić information content (AvgIpc) is 3.03. The highest BCUT2D eigenvalue weighted by Gasteiger charge is 2.37. The van der Waals surface area contributed by atoms with Gasteiger partial charge in [-0.05, 0) is 42.7 Å². The van der Waals surface area contributed by atoms with Crippen molar-refractivity contribution in [3.05, 3.63) is 82.8 Å². The van der Waals surface area contributed by atoms with E-state index in [0.29, 0.717) is 22.2 Å². The smallest absolute Gasteiger partial charge is 0.266 e. The number of hydrogen-bond donors (Lipinski definition) is 2. The van der Waals surface area contributed by atoms with Gasteiger partial charge in [-0.25, -0.2) is 0 Å². The summed E-state index contributed by atoms with van der Waals surface area (Å²) in [5.74, 6) is -0.313. The summed E-state index contributed by atoms with van der Waals surface area (Å²) in [7, 11) is 0. The number of nitrogens with zero attached hydrogens (tertiary/aromatic N) is 1. The van der Waals surface area contributed by atoms with E-state index >= 15 is 0 Å². The maximum atomic E-state index is 12.7. The minimum Gasteiger partial charge on any atom is -0.508 e. The Morgan fingerprint density at radius 3 is 2.60 bits per heavy atom. The summed E-state index contributed by atoms with van der Waals surface area (Å²) in [5.41, 5.74) is 2.03. The number of phenols is 1. The van der Waals surface area contributed by atoms with Gasteiger partial charge in [-0.1, -0.05) is 78.6 Å². The van der Waals surface area contributed by atoms with Crippen LogP contribution in [0.15, 0.2) is 71.7 Å². The summed E-state index contributed by atoms with van der Waals surface area (Å²) < 4.78 is 0.376. The summed E-state index contributed by atoms with van der Waals surface area (Å²) >= 11 is 6.53. The van der Waals surface area contributed by atoms with E-state index in [0.717, 1.165) is 11.1 Å². The van der Waals surface area contributed by atoms with Crippen LogP contribution in [0.5, 0.6) is 5.75 Å². The number of thioether (sulfide) groups is 1. The quantitative estimate of drug-likeness (QED) is 0.507. The molecule has 154 valence electrons. The first-order chi connectivity index (χ1) is 14.5. The molecule has 0 bridgehead atoms. The molecule has 2 amide bonds. The van der Waals surface area contributed by atoms with Crippen LogP contribution in [0.3, 0.4) is 0 Å². The maximum absolute atomic E-state index is 12.7. The molecule has 1 saturated heterocycles. The van der Waals surface area contributed by atoms with Crippen molar-refractivity contribution in [3.63, 3.8) is 0 Å². The lowest BCUT2D eigenvalue weighted by Crippen LogP contribution is -2.47. The molecular weight excluding hydrogens is 416 g/mol. The summed E-state index contributed by atoms with van der Waals surface area (Å²) in [6.45, 7) is 2.10. The molecular formula is C23H22N2O3S2. The molecule has 1 heterocycles. The second-order valence-electron chi connectivity index (χ2n) is 6.73. The number of benzene rings is 2. The minimum absolute atomic E-state index is 0.206. The number of carbonyl (C=O) groups excluding carboxylic acids is 2. The number of allylic oxidation sites excluding steroid dienone is 2. The van der Waals surface area contributed by atoms with Gasteiger partial charge in [0.25, 0.3) is 5.91 Å². The number of phenolic OH excluding ortho intramolecular Hbond substituents is 1. The molecule has 7 heteroatoms. The lowest BCUT2D eigenvalue weighted by Gasteiger charge is -2.22. The fourth-order valence-corrected chi connectivity index (χ4v) is 4.27. The third kappa shape index (κ3) is 5.58. The Morgan fingerprint density at radius 1 is 1.20 bits per heavy atom. The van der Waals surface area contributed by atoms with Crippen LogP contribution in [-0.4, -0.2) is 38.7 Å². The number of rotatable bonds is 7. The van der Waals surface area contributed by atoms with Gasteiger partial charge in [0.15, 0.2) is 0 Å². The van der Waals surface area contributed by atoms with Crippen molar-refractivity contribution in [2.45, 2.75) is 19.4 Å². The Labute approximate surface area is 185 Å². The molecule has 1 fully saturated rings. The normalized spacial score (nSPS) is 16.4. The number of aromatic hydroxyl groups is 1. The van der Waals surface area contributed by atoms with Crippen molar-refractivity contribution < 1.29 is 14.7 Å². The first-order valence-corrected chi connectivity index (χ1v) is 10.7. The number of hydrogen-bond acceptors (Lipinski definition) is 5. The summed E-state index contributed by atoms with van der Waals surface area (Å²) in [6, 6.07) is 15.9. The van der Waals surface area contributed by atoms with Crippen LogP contribution < -0.4 is 5.32 Å². The first kappa shape index (κ1) is 21.8. The van der Waals surface area contributed by atoms with E-state index in [1.807, 2.05) is 42.5 Å². The number of nitrogens with one attached hydrogen (secondary N) is 1. The van der Waals surface area contributed by atoms with Crippen molar-refractivity contribution in [1.82, 2.24) is 10.2 Å². The molecule has 0 aliphatic carbocycles. The molecule has 5 nitrogen and oxygen atoms in total. The van der Waals surface area contributed by atoms with Crippen molar-refractivity contribution in [2.75, 3.05) is 6.54 Å². The summed E-state index contributed by atoms with van der Waals surface area (Å²) in [5, 5.41) is 12.2. The molecule has 3 rings (SSSR count). The molecule has 0 unspecified atom stereocenters. The van der Waals surface area contributed by atoms with Crippen LogP contribution in [0.4, 0.5) is 0 Å². The van der Waals surface area contributed by atoms with Gasteiger partial charge in [-0.2, -0.15) is 0 Å². The predicted molar refractivity (Wildman–Crippen MR) is 125 cm³/mol. The van der Waals surface area contributed by atoms with Gasteiger partial charge in [0.05, 0.1) is 4.91 Å². The van der Waals surface area contributed by atoms with Gasteiger partial charge in [0.2, 0.25) is 5.91 Å². The second kappa shape index (κ2) is 10.2. The average molecular weight is 439 g/mol. The van der Waals surface area contributed by atoms with E-state index in [9.17, 15) is 14.7 Å². The molecule has 2 N–H and O–H groups in total. The zero-order valence-electron chi connectivity index (χ0n) is 16.4. The van der Waals surface area contributed by atoms with Crippen LogP contribution >= 0.6 is 24.0 Å². The SMILES string of the molecule is C[C@H](C(=O)NCCc1ccc(O)cc1)N1C(=O)/C(=C/C=C/c2ccccc2)SC1=S.